The maximum atomic E-state index is 9.67. The Labute approximate surface area is 123 Å². The largest absolute Gasteiger partial charge is 0.391 e. The molecule has 1 heterocycles. The van der Waals surface area contributed by atoms with Crippen LogP contribution in [0.2, 0.25) is 0 Å². The van der Waals surface area contributed by atoms with Crippen molar-refractivity contribution < 1.29 is 5.11 Å². The molecule has 1 aliphatic heterocycles. The molecule has 0 unspecified atom stereocenters. The van der Waals surface area contributed by atoms with Crippen LogP contribution in [-0.2, 0) is 0 Å². The van der Waals surface area contributed by atoms with Gasteiger partial charge >= 0.3 is 0 Å². The highest BCUT2D eigenvalue weighted by atomic mass is 16.3. The van der Waals surface area contributed by atoms with E-state index in [-0.39, 0.29) is 6.10 Å². The number of nitrogens with one attached hydrogen (secondary N) is 1. The monoisotopic (exact) mass is 281 g/mol. The van der Waals surface area contributed by atoms with Gasteiger partial charge in [-0.05, 0) is 38.0 Å². The van der Waals surface area contributed by atoms with E-state index in [0.717, 1.165) is 50.4 Å². The lowest BCUT2D eigenvalue weighted by Crippen LogP contribution is -2.40. The summed E-state index contributed by atoms with van der Waals surface area (Å²) in [6, 6.07) is 0. The number of hydrogen-bond acceptors (Lipinski definition) is 2. The molecule has 1 saturated heterocycles. The van der Waals surface area contributed by atoms with Crippen LogP contribution in [0.15, 0.2) is 4.99 Å². The molecule has 0 aromatic carbocycles. The fourth-order valence-electron chi connectivity index (χ4n) is 3.40. The van der Waals surface area contributed by atoms with E-state index in [1.54, 1.807) is 0 Å². The van der Waals surface area contributed by atoms with E-state index in [1.165, 1.54) is 32.1 Å². The van der Waals surface area contributed by atoms with Crippen molar-refractivity contribution in [3.8, 4) is 0 Å². The van der Waals surface area contributed by atoms with Crippen LogP contribution >= 0.6 is 0 Å². The summed E-state index contributed by atoms with van der Waals surface area (Å²) in [7, 11) is 0. The van der Waals surface area contributed by atoms with Gasteiger partial charge in [-0.15, -0.1) is 0 Å². The van der Waals surface area contributed by atoms with Crippen molar-refractivity contribution in [1.29, 1.82) is 0 Å². The van der Waals surface area contributed by atoms with Crippen LogP contribution in [0, 0.1) is 11.8 Å². The number of aliphatic imine (C=N–C) groups is 1. The number of aliphatic hydroxyl groups excluding tert-OH is 1. The average molecular weight is 281 g/mol. The van der Waals surface area contributed by atoms with Crippen LogP contribution in [0.3, 0.4) is 0 Å². The van der Waals surface area contributed by atoms with Crippen molar-refractivity contribution in [2.75, 3.05) is 26.2 Å². The van der Waals surface area contributed by atoms with Crippen molar-refractivity contribution in [1.82, 2.24) is 10.2 Å². The number of guanidine groups is 1. The Morgan fingerprint density at radius 3 is 2.40 bits per heavy atom. The predicted octanol–water partition coefficient (Wildman–Crippen LogP) is 2.23. The SMILES string of the molecule is CCNC(=NCC1CCC(CC)CC1)N1CC[C@@H](O)C1. The van der Waals surface area contributed by atoms with E-state index < -0.39 is 0 Å². The molecule has 0 bridgehead atoms. The Morgan fingerprint density at radius 2 is 1.85 bits per heavy atom. The maximum absolute atomic E-state index is 9.67. The maximum Gasteiger partial charge on any atom is 0.194 e. The van der Waals surface area contributed by atoms with Gasteiger partial charge in [-0.2, -0.15) is 0 Å². The third-order valence-corrected chi connectivity index (χ3v) is 4.84. The lowest BCUT2D eigenvalue weighted by Gasteiger charge is -2.27. The van der Waals surface area contributed by atoms with E-state index in [9.17, 15) is 5.11 Å². The molecule has 0 aromatic rings. The summed E-state index contributed by atoms with van der Waals surface area (Å²) < 4.78 is 0. The number of nitrogens with zero attached hydrogens (tertiary/aromatic N) is 2. The Morgan fingerprint density at radius 1 is 1.15 bits per heavy atom. The first-order chi connectivity index (χ1) is 9.72. The summed E-state index contributed by atoms with van der Waals surface area (Å²) in [5.41, 5.74) is 0. The number of β-amino-alcohol motifs (C(OH)–C–C–N with tert-alkyl or cyclic N) is 1. The molecule has 2 fully saturated rings. The molecular weight excluding hydrogens is 250 g/mol. The molecular formula is C16H31N3O. The smallest absolute Gasteiger partial charge is 0.194 e. The zero-order chi connectivity index (χ0) is 14.4. The number of rotatable bonds is 4. The minimum absolute atomic E-state index is 0.182. The van der Waals surface area contributed by atoms with Crippen molar-refractivity contribution in [3.63, 3.8) is 0 Å². The van der Waals surface area contributed by atoms with Crippen LogP contribution in [0.4, 0.5) is 0 Å². The van der Waals surface area contributed by atoms with E-state index in [0.29, 0.717) is 0 Å². The van der Waals surface area contributed by atoms with Crippen LogP contribution < -0.4 is 5.32 Å². The second kappa shape index (κ2) is 7.87. The van der Waals surface area contributed by atoms with Gasteiger partial charge in [-0.25, -0.2) is 0 Å². The fourth-order valence-corrected chi connectivity index (χ4v) is 3.40. The lowest BCUT2D eigenvalue weighted by molar-refractivity contribution is 0.187. The van der Waals surface area contributed by atoms with Gasteiger partial charge in [0.1, 0.15) is 0 Å². The zero-order valence-electron chi connectivity index (χ0n) is 13.1. The molecule has 2 N–H and O–H groups in total. The van der Waals surface area contributed by atoms with Gasteiger partial charge < -0.3 is 15.3 Å². The fraction of sp³-hybridized carbons (Fsp3) is 0.938. The number of hydrogen-bond donors (Lipinski definition) is 2. The van der Waals surface area contributed by atoms with Gasteiger partial charge in [0.2, 0.25) is 0 Å². The summed E-state index contributed by atoms with van der Waals surface area (Å²) in [6.45, 7) is 7.92. The molecule has 0 amide bonds. The summed E-state index contributed by atoms with van der Waals surface area (Å²) in [5.74, 6) is 2.72. The normalized spacial score (nSPS) is 31.6. The van der Waals surface area contributed by atoms with E-state index in [2.05, 4.69) is 24.1 Å². The Hall–Kier alpha value is -0.770. The second-order valence-electron chi connectivity index (χ2n) is 6.38. The highest BCUT2D eigenvalue weighted by Crippen LogP contribution is 2.30. The molecule has 1 saturated carbocycles. The first kappa shape index (κ1) is 15.6. The quantitative estimate of drug-likeness (QED) is 0.614. The molecule has 2 aliphatic rings. The highest BCUT2D eigenvalue weighted by Gasteiger charge is 2.24. The zero-order valence-corrected chi connectivity index (χ0v) is 13.1. The van der Waals surface area contributed by atoms with Gasteiger partial charge in [-0.1, -0.05) is 26.2 Å². The van der Waals surface area contributed by atoms with E-state index >= 15 is 0 Å². The lowest BCUT2D eigenvalue weighted by atomic mass is 9.81. The Bertz CT molecular complexity index is 311. The average Bonchev–Trinajstić information content (AvgIpc) is 2.90. The van der Waals surface area contributed by atoms with E-state index in [1.807, 2.05) is 0 Å². The highest BCUT2D eigenvalue weighted by molar-refractivity contribution is 5.80. The van der Waals surface area contributed by atoms with Crippen molar-refractivity contribution >= 4 is 5.96 Å². The Kier molecular flexibility index (Phi) is 6.14. The molecule has 0 aromatic heterocycles. The molecule has 0 radical (unpaired) electrons. The van der Waals surface area contributed by atoms with Crippen LogP contribution in [0.1, 0.15) is 52.4 Å². The van der Waals surface area contributed by atoms with Gasteiger partial charge in [0.25, 0.3) is 0 Å². The third kappa shape index (κ3) is 4.37. The Balaban J connectivity index is 1.83. The molecule has 0 spiro atoms. The van der Waals surface area contributed by atoms with Crippen molar-refractivity contribution in [2.24, 2.45) is 16.8 Å². The molecule has 20 heavy (non-hydrogen) atoms. The van der Waals surface area contributed by atoms with Crippen LogP contribution in [-0.4, -0.2) is 48.2 Å². The summed E-state index contributed by atoms with van der Waals surface area (Å²) in [4.78, 5) is 7.03. The minimum atomic E-state index is -0.182. The minimum Gasteiger partial charge on any atom is -0.391 e. The number of likely N-dealkylation sites (tertiary alicyclic amines) is 1. The first-order valence-corrected chi connectivity index (χ1v) is 8.44. The molecule has 2 rings (SSSR count). The predicted molar refractivity (Wildman–Crippen MR) is 83.9 cm³/mol. The summed E-state index contributed by atoms with van der Waals surface area (Å²) in [5, 5.41) is 13.0. The molecule has 1 aliphatic carbocycles. The van der Waals surface area contributed by atoms with Gasteiger partial charge in [0.05, 0.1) is 6.10 Å². The number of aliphatic hydroxyl groups is 1. The summed E-state index contributed by atoms with van der Waals surface area (Å²) >= 11 is 0. The van der Waals surface area contributed by atoms with E-state index in [4.69, 9.17) is 4.99 Å². The van der Waals surface area contributed by atoms with Crippen LogP contribution in [0.5, 0.6) is 0 Å². The second-order valence-corrected chi connectivity index (χ2v) is 6.38. The van der Waals surface area contributed by atoms with Crippen LogP contribution in [0.25, 0.3) is 0 Å². The topological polar surface area (TPSA) is 47.9 Å². The molecule has 1 atom stereocenters. The van der Waals surface area contributed by atoms with Crippen molar-refractivity contribution in [2.45, 2.75) is 58.5 Å². The van der Waals surface area contributed by atoms with Gasteiger partial charge in [0, 0.05) is 26.2 Å². The van der Waals surface area contributed by atoms with Gasteiger partial charge in [-0.3, -0.25) is 4.99 Å². The molecule has 116 valence electrons. The van der Waals surface area contributed by atoms with Crippen molar-refractivity contribution in [3.05, 3.63) is 0 Å². The molecule has 4 heteroatoms. The van der Waals surface area contributed by atoms with Gasteiger partial charge in [0.15, 0.2) is 5.96 Å². The molecule has 4 nitrogen and oxygen atoms in total. The third-order valence-electron chi connectivity index (χ3n) is 4.84. The standard InChI is InChI=1S/C16H31N3O/c1-3-13-5-7-14(8-6-13)11-18-16(17-4-2)19-10-9-15(20)12-19/h13-15,20H,3-12H2,1-2H3,(H,17,18)/t13?,14?,15-/m1/s1. The first-order valence-electron chi connectivity index (χ1n) is 8.44. The summed E-state index contributed by atoms with van der Waals surface area (Å²) in [6.07, 6.45) is 7.47.